The Morgan fingerprint density at radius 1 is 1.29 bits per heavy atom. The van der Waals surface area contributed by atoms with Gasteiger partial charge in [-0.2, -0.15) is 0 Å². The summed E-state index contributed by atoms with van der Waals surface area (Å²) in [5, 5.41) is 3.44. The normalized spacial score (nSPS) is 14.7. The van der Waals surface area contributed by atoms with E-state index in [0.717, 1.165) is 23.9 Å². The highest BCUT2D eigenvalue weighted by Crippen LogP contribution is 2.19. The summed E-state index contributed by atoms with van der Waals surface area (Å²) in [4.78, 5) is 0. The highest BCUT2D eigenvalue weighted by atomic mass is 16.5. The average molecular weight is 231 g/mol. The second kappa shape index (κ2) is 5.37. The van der Waals surface area contributed by atoms with Crippen molar-refractivity contribution in [2.45, 2.75) is 32.7 Å². The molecule has 0 radical (unpaired) electrons. The van der Waals surface area contributed by atoms with Crippen molar-refractivity contribution in [3.63, 3.8) is 0 Å². The second-order valence-corrected chi connectivity index (χ2v) is 5.02. The molecule has 1 N–H and O–H groups in total. The molecular formula is C15H21NO. The number of nitrogens with one attached hydrogen (secondary N) is 1. The van der Waals surface area contributed by atoms with Crippen molar-refractivity contribution in [1.29, 1.82) is 0 Å². The van der Waals surface area contributed by atoms with Crippen LogP contribution in [0.5, 0.6) is 5.75 Å². The molecule has 1 aliphatic carbocycles. The minimum Gasteiger partial charge on any atom is -0.489 e. The van der Waals surface area contributed by atoms with Crippen LogP contribution < -0.4 is 10.1 Å². The largest absolute Gasteiger partial charge is 0.489 e. The molecule has 1 aromatic carbocycles. The summed E-state index contributed by atoms with van der Waals surface area (Å²) in [5.74, 6) is 0.940. The zero-order valence-electron chi connectivity index (χ0n) is 10.8. The van der Waals surface area contributed by atoms with Crippen LogP contribution in [-0.2, 0) is 0 Å². The molecule has 0 amide bonds. The zero-order valence-corrected chi connectivity index (χ0v) is 10.8. The molecule has 1 aromatic rings. The van der Waals surface area contributed by atoms with Gasteiger partial charge in [0.05, 0.1) is 0 Å². The Hall–Kier alpha value is -1.28. The first-order valence-corrected chi connectivity index (χ1v) is 6.24. The Morgan fingerprint density at radius 2 is 1.94 bits per heavy atom. The van der Waals surface area contributed by atoms with Gasteiger partial charge in [0.2, 0.25) is 0 Å². The van der Waals surface area contributed by atoms with Crippen molar-refractivity contribution in [1.82, 2.24) is 5.32 Å². The maximum absolute atomic E-state index is 5.74. The SMILES string of the molecule is C=C(CNC1CC1)COc1cc(C)cc(C)c1. The van der Waals surface area contributed by atoms with E-state index in [0.29, 0.717) is 6.61 Å². The Kier molecular flexibility index (Phi) is 3.85. The Labute approximate surface area is 104 Å². The van der Waals surface area contributed by atoms with Crippen molar-refractivity contribution in [3.8, 4) is 5.75 Å². The van der Waals surface area contributed by atoms with Crippen molar-refractivity contribution in [2.75, 3.05) is 13.2 Å². The molecule has 0 spiro atoms. The van der Waals surface area contributed by atoms with E-state index in [1.165, 1.54) is 24.0 Å². The van der Waals surface area contributed by atoms with Crippen molar-refractivity contribution >= 4 is 0 Å². The first-order valence-electron chi connectivity index (χ1n) is 6.24. The third kappa shape index (κ3) is 4.23. The summed E-state index contributed by atoms with van der Waals surface area (Å²) in [6, 6.07) is 7.01. The van der Waals surface area contributed by atoms with E-state index < -0.39 is 0 Å². The maximum Gasteiger partial charge on any atom is 0.120 e. The molecule has 1 saturated carbocycles. The third-order valence-electron chi connectivity index (χ3n) is 2.86. The summed E-state index contributed by atoms with van der Waals surface area (Å²) in [7, 11) is 0. The molecule has 0 bridgehead atoms. The number of hydrogen-bond acceptors (Lipinski definition) is 2. The summed E-state index contributed by atoms with van der Waals surface area (Å²) in [6.07, 6.45) is 2.62. The molecule has 1 fully saturated rings. The molecule has 17 heavy (non-hydrogen) atoms. The van der Waals surface area contributed by atoms with Gasteiger partial charge in [0.1, 0.15) is 12.4 Å². The van der Waals surface area contributed by atoms with E-state index in [4.69, 9.17) is 4.74 Å². The smallest absolute Gasteiger partial charge is 0.120 e. The number of rotatable bonds is 6. The van der Waals surface area contributed by atoms with Crippen molar-refractivity contribution in [2.24, 2.45) is 0 Å². The molecule has 0 aromatic heterocycles. The minimum absolute atomic E-state index is 0.600. The first-order chi connectivity index (χ1) is 8.13. The first kappa shape index (κ1) is 12.2. The monoisotopic (exact) mass is 231 g/mol. The number of aryl methyl sites for hydroxylation is 2. The van der Waals surface area contributed by atoms with E-state index in [-0.39, 0.29) is 0 Å². The molecule has 1 aliphatic rings. The van der Waals surface area contributed by atoms with Gasteiger partial charge in [-0.3, -0.25) is 0 Å². The van der Waals surface area contributed by atoms with Crippen LogP contribution in [0.2, 0.25) is 0 Å². The number of ether oxygens (including phenoxy) is 1. The van der Waals surface area contributed by atoms with Gasteiger partial charge in [-0.05, 0) is 55.5 Å². The van der Waals surface area contributed by atoms with E-state index in [2.05, 4.69) is 43.9 Å². The molecule has 0 atom stereocenters. The van der Waals surface area contributed by atoms with E-state index in [1.807, 2.05) is 0 Å². The Bertz CT molecular complexity index is 387. The van der Waals surface area contributed by atoms with E-state index in [1.54, 1.807) is 0 Å². The van der Waals surface area contributed by atoms with Gasteiger partial charge < -0.3 is 10.1 Å². The van der Waals surface area contributed by atoms with Crippen LogP contribution in [0.25, 0.3) is 0 Å². The van der Waals surface area contributed by atoms with Crippen LogP contribution in [0.3, 0.4) is 0 Å². The summed E-state index contributed by atoms with van der Waals surface area (Å²) >= 11 is 0. The highest BCUT2D eigenvalue weighted by molar-refractivity contribution is 5.33. The quantitative estimate of drug-likeness (QED) is 0.760. The lowest BCUT2D eigenvalue weighted by Crippen LogP contribution is -2.21. The molecule has 2 rings (SSSR count). The fraction of sp³-hybridized carbons (Fsp3) is 0.467. The van der Waals surface area contributed by atoms with Gasteiger partial charge in [-0.15, -0.1) is 0 Å². The topological polar surface area (TPSA) is 21.3 Å². The van der Waals surface area contributed by atoms with Crippen molar-refractivity contribution in [3.05, 3.63) is 41.5 Å². The van der Waals surface area contributed by atoms with Gasteiger partial charge in [-0.1, -0.05) is 12.6 Å². The molecule has 92 valence electrons. The minimum atomic E-state index is 0.600. The molecular weight excluding hydrogens is 210 g/mol. The van der Waals surface area contributed by atoms with Gasteiger partial charge in [0.25, 0.3) is 0 Å². The standard InChI is InChI=1S/C15H21NO/c1-11-6-12(2)8-15(7-11)17-10-13(3)9-16-14-4-5-14/h6-8,14,16H,3-5,9-10H2,1-2H3. The third-order valence-corrected chi connectivity index (χ3v) is 2.86. The molecule has 0 unspecified atom stereocenters. The highest BCUT2D eigenvalue weighted by Gasteiger charge is 2.19. The van der Waals surface area contributed by atoms with Gasteiger partial charge in [0.15, 0.2) is 0 Å². The predicted octanol–water partition coefficient (Wildman–Crippen LogP) is 2.99. The second-order valence-electron chi connectivity index (χ2n) is 5.02. The van der Waals surface area contributed by atoms with Gasteiger partial charge in [0, 0.05) is 12.6 Å². The van der Waals surface area contributed by atoms with Crippen LogP contribution in [-0.4, -0.2) is 19.2 Å². The fourth-order valence-corrected chi connectivity index (χ4v) is 1.83. The van der Waals surface area contributed by atoms with Crippen LogP contribution in [0.15, 0.2) is 30.4 Å². The fourth-order valence-electron chi connectivity index (χ4n) is 1.83. The van der Waals surface area contributed by atoms with Crippen LogP contribution in [0.4, 0.5) is 0 Å². The lowest BCUT2D eigenvalue weighted by Gasteiger charge is -2.10. The molecule has 2 nitrogen and oxygen atoms in total. The average Bonchev–Trinajstić information content (AvgIpc) is 3.06. The summed E-state index contributed by atoms with van der Waals surface area (Å²) in [6.45, 7) is 9.67. The van der Waals surface area contributed by atoms with Crippen LogP contribution in [0.1, 0.15) is 24.0 Å². The van der Waals surface area contributed by atoms with Gasteiger partial charge in [-0.25, -0.2) is 0 Å². The number of hydrogen-bond donors (Lipinski definition) is 1. The van der Waals surface area contributed by atoms with Crippen LogP contribution >= 0.6 is 0 Å². The van der Waals surface area contributed by atoms with Gasteiger partial charge >= 0.3 is 0 Å². The van der Waals surface area contributed by atoms with Crippen molar-refractivity contribution < 1.29 is 4.74 Å². The summed E-state index contributed by atoms with van der Waals surface area (Å²) < 4.78 is 5.74. The van der Waals surface area contributed by atoms with E-state index >= 15 is 0 Å². The Morgan fingerprint density at radius 3 is 2.53 bits per heavy atom. The molecule has 0 aliphatic heterocycles. The Balaban J connectivity index is 1.77. The molecule has 2 heteroatoms. The number of benzene rings is 1. The lowest BCUT2D eigenvalue weighted by molar-refractivity contribution is 0.348. The maximum atomic E-state index is 5.74. The molecule has 0 heterocycles. The zero-order chi connectivity index (χ0) is 12.3. The van der Waals surface area contributed by atoms with E-state index in [9.17, 15) is 0 Å². The summed E-state index contributed by atoms with van der Waals surface area (Å²) in [5.41, 5.74) is 3.58. The lowest BCUT2D eigenvalue weighted by atomic mass is 10.1. The van der Waals surface area contributed by atoms with Crippen LogP contribution in [0, 0.1) is 13.8 Å². The molecule has 0 saturated heterocycles. The predicted molar refractivity (Wildman–Crippen MR) is 71.6 cm³/mol.